The lowest BCUT2D eigenvalue weighted by atomic mass is 10.0. The van der Waals surface area contributed by atoms with Crippen molar-refractivity contribution in [1.82, 2.24) is 5.32 Å². The number of rotatable bonds is 9. The molecule has 0 spiro atoms. The Hall–Kier alpha value is -2.74. The number of ether oxygens (including phenoxy) is 2. The Morgan fingerprint density at radius 3 is 2.23 bits per heavy atom. The maximum atomic E-state index is 12.8. The fourth-order valence-corrected chi connectivity index (χ4v) is 4.14. The third-order valence-corrected chi connectivity index (χ3v) is 5.98. The van der Waals surface area contributed by atoms with Gasteiger partial charge >= 0.3 is 0 Å². The van der Waals surface area contributed by atoms with Crippen molar-refractivity contribution in [3.63, 3.8) is 0 Å². The summed E-state index contributed by atoms with van der Waals surface area (Å²) in [5.41, 5.74) is 3.09. The Balaban J connectivity index is 2.28. The van der Waals surface area contributed by atoms with Crippen molar-refractivity contribution < 1.29 is 22.7 Å². The van der Waals surface area contributed by atoms with Crippen LogP contribution in [0.15, 0.2) is 36.4 Å². The van der Waals surface area contributed by atoms with E-state index in [0.29, 0.717) is 17.9 Å². The molecule has 0 fully saturated rings. The highest BCUT2D eigenvalue weighted by Gasteiger charge is 2.25. The van der Waals surface area contributed by atoms with Crippen molar-refractivity contribution in [2.75, 3.05) is 31.3 Å². The van der Waals surface area contributed by atoms with Crippen LogP contribution in [0.25, 0.3) is 0 Å². The number of methoxy groups -OCH3 is 2. The molecule has 7 nitrogen and oxygen atoms in total. The van der Waals surface area contributed by atoms with Crippen LogP contribution in [0.3, 0.4) is 0 Å². The normalized spacial score (nSPS) is 12.2. The van der Waals surface area contributed by atoms with Gasteiger partial charge in [0.2, 0.25) is 15.9 Å². The molecule has 0 aliphatic heterocycles. The fraction of sp³-hybridized carbons (Fsp3) is 0.409. The van der Waals surface area contributed by atoms with Crippen LogP contribution in [0.2, 0.25) is 0 Å². The van der Waals surface area contributed by atoms with Gasteiger partial charge in [0, 0.05) is 0 Å². The summed E-state index contributed by atoms with van der Waals surface area (Å²) in [6, 6.07) is 10.7. The Bertz CT molecular complexity index is 1000. The second kappa shape index (κ2) is 9.84. The summed E-state index contributed by atoms with van der Waals surface area (Å²) in [6.45, 7) is 5.40. The van der Waals surface area contributed by atoms with Gasteiger partial charge < -0.3 is 14.8 Å². The van der Waals surface area contributed by atoms with Gasteiger partial charge in [0.15, 0.2) is 0 Å². The molecule has 0 heterocycles. The number of carbonyl (C=O) groups is 1. The van der Waals surface area contributed by atoms with Gasteiger partial charge in [0.1, 0.15) is 18.0 Å². The highest BCUT2D eigenvalue weighted by atomic mass is 32.2. The highest BCUT2D eigenvalue weighted by molar-refractivity contribution is 7.92. The summed E-state index contributed by atoms with van der Waals surface area (Å²) in [7, 11) is -0.632. The topological polar surface area (TPSA) is 84.9 Å². The predicted molar refractivity (Wildman–Crippen MR) is 119 cm³/mol. The smallest absolute Gasteiger partial charge is 0.241 e. The third-order valence-electron chi connectivity index (χ3n) is 4.86. The average molecular weight is 435 g/mol. The molecular weight excluding hydrogens is 404 g/mol. The highest BCUT2D eigenvalue weighted by Crippen LogP contribution is 2.31. The van der Waals surface area contributed by atoms with Crippen LogP contribution in [0.1, 0.15) is 36.1 Å². The predicted octanol–water partition coefficient (Wildman–Crippen LogP) is 3.35. The van der Waals surface area contributed by atoms with Gasteiger partial charge in [-0.25, -0.2) is 8.42 Å². The summed E-state index contributed by atoms with van der Waals surface area (Å²) in [5, 5.41) is 2.95. The molecule has 1 N–H and O–H groups in total. The van der Waals surface area contributed by atoms with E-state index in [9.17, 15) is 13.2 Å². The number of amides is 1. The number of sulfonamides is 1. The van der Waals surface area contributed by atoms with Crippen LogP contribution in [0.5, 0.6) is 11.5 Å². The molecule has 2 aromatic rings. The molecule has 0 aliphatic carbocycles. The van der Waals surface area contributed by atoms with E-state index in [1.807, 2.05) is 45.0 Å². The van der Waals surface area contributed by atoms with Crippen LogP contribution >= 0.6 is 0 Å². The monoisotopic (exact) mass is 434 g/mol. The molecule has 2 aromatic carbocycles. The zero-order valence-electron chi connectivity index (χ0n) is 18.4. The van der Waals surface area contributed by atoms with Crippen LogP contribution < -0.4 is 19.1 Å². The molecule has 0 radical (unpaired) electrons. The van der Waals surface area contributed by atoms with Gasteiger partial charge in [-0.2, -0.15) is 0 Å². The maximum Gasteiger partial charge on any atom is 0.241 e. The number of nitrogens with zero attached hydrogens (tertiary/aromatic N) is 1. The van der Waals surface area contributed by atoms with E-state index in [1.165, 1.54) is 7.11 Å². The molecule has 1 amide bonds. The number of anilines is 1. The number of carbonyl (C=O) groups excluding carboxylic acids is 1. The second-order valence-electron chi connectivity index (χ2n) is 7.20. The Morgan fingerprint density at radius 2 is 1.70 bits per heavy atom. The van der Waals surface area contributed by atoms with Crippen LogP contribution in [-0.2, 0) is 14.8 Å². The van der Waals surface area contributed by atoms with Gasteiger partial charge in [-0.1, -0.05) is 25.1 Å². The van der Waals surface area contributed by atoms with Crippen molar-refractivity contribution in [2.24, 2.45) is 0 Å². The van der Waals surface area contributed by atoms with Crippen LogP contribution in [0, 0.1) is 13.8 Å². The number of nitrogens with one attached hydrogen (secondary N) is 1. The number of aryl methyl sites for hydroxylation is 2. The minimum Gasteiger partial charge on any atom is -0.496 e. The van der Waals surface area contributed by atoms with E-state index >= 15 is 0 Å². The first-order valence-corrected chi connectivity index (χ1v) is 11.5. The molecule has 164 valence electrons. The Kier molecular flexibility index (Phi) is 7.72. The van der Waals surface area contributed by atoms with Crippen molar-refractivity contribution in [1.29, 1.82) is 0 Å². The van der Waals surface area contributed by atoms with Crippen LogP contribution in [-0.4, -0.2) is 41.3 Å². The molecule has 0 aliphatic rings. The first-order chi connectivity index (χ1) is 14.1. The van der Waals surface area contributed by atoms with Gasteiger partial charge in [0.05, 0.1) is 32.2 Å². The molecule has 2 rings (SSSR count). The fourth-order valence-electron chi connectivity index (χ4n) is 3.29. The van der Waals surface area contributed by atoms with Crippen molar-refractivity contribution in [3.05, 3.63) is 53.1 Å². The van der Waals surface area contributed by atoms with Crippen molar-refractivity contribution >= 4 is 21.6 Å². The van der Waals surface area contributed by atoms with Gasteiger partial charge in [-0.3, -0.25) is 9.10 Å². The molecule has 0 saturated heterocycles. The molecular formula is C22H30N2O5S. The van der Waals surface area contributed by atoms with Crippen LogP contribution in [0.4, 0.5) is 5.69 Å². The molecule has 8 heteroatoms. The Labute approximate surface area is 179 Å². The molecule has 0 bridgehead atoms. The maximum absolute atomic E-state index is 12.8. The van der Waals surface area contributed by atoms with Gasteiger partial charge in [-0.15, -0.1) is 0 Å². The summed E-state index contributed by atoms with van der Waals surface area (Å²) in [6.07, 6.45) is 1.73. The first-order valence-electron chi connectivity index (χ1n) is 9.67. The molecule has 0 saturated carbocycles. The molecule has 0 unspecified atom stereocenters. The number of hydrogen-bond donors (Lipinski definition) is 1. The van der Waals surface area contributed by atoms with E-state index < -0.39 is 15.9 Å². The third kappa shape index (κ3) is 5.66. The molecule has 0 aromatic heterocycles. The minimum absolute atomic E-state index is 0.247. The van der Waals surface area contributed by atoms with E-state index in [1.54, 1.807) is 19.2 Å². The molecule has 30 heavy (non-hydrogen) atoms. The number of hydrogen-bond acceptors (Lipinski definition) is 5. The van der Waals surface area contributed by atoms with E-state index in [4.69, 9.17) is 9.47 Å². The molecule has 1 atom stereocenters. The summed E-state index contributed by atoms with van der Waals surface area (Å²) in [5.74, 6) is 0.760. The van der Waals surface area contributed by atoms with E-state index in [0.717, 1.165) is 33.0 Å². The lowest BCUT2D eigenvalue weighted by Crippen LogP contribution is -2.41. The summed E-state index contributed by atoms with van der Waals surface area (Å²) >= 11 is 0. The summed E-state index contributed by atoms with van der Waals surface area (Å²) < 4.78 is 36.6. The van der Waals surface area contributed by atoms with Gasteiger partial charge in [0.25, 0.3) is 0 Å². The van der Waals surface area contributed by atoms with Crippen molar-refractivity contribution in [3.8, 4) is 11.5 Å². The SMILES string of the molecule is CC[C@@H](NC(=O)CN(c1cc(C)ccc1OC)S(C)(=O)=O)c1ccc(OC)c(C)c1. The zero-order chi connectivity index (χ0) is 22.5. The van der Waals surface area contributed by atoms with Gasteiger partial charge in [-0.05, 0) is 55.2 Å². The average Bonchev–Trinajstić information content (AvgIpc) is 2.69. The summed E-state index contributed by atoms with van der Waals surface area (Å²) in [4.78, 5) is 12.8. The Morgan fingerprint density at radius 1 is 1.07 bits per heavy atom. The lowest BCUT2D eigenvalue weighted by molar-refractivity contribution is -0.120. The minimum atomic E-state index is -3.71. The largest absolute Gasteiger partial charge is 0.496 e. The zero-order valence-corrected chi connectivity index (χ0v) is 19.2. The lowest BCUT2D eigenvalue weighted by Gasteiger charge is -2.26. The standard InChI is InChI=1S/C22H30N2O5S/c1-7-18(17-9-11-20(28-4)16(3)13-17)23-22(25)14-24(30(6,26)27)19-12-15(2)8-10-21(19)29-5/h8-13,18H,7,14H2,1-6H3,(H,23,25)/t18-/m1/s1. The van der Waals surface area contributed by atoms with E-state index in [-0.39, 0.29) is 12.6 Å². The second-order valence-corrected chi connectivity index (χ2v) is 9.11. The quantitative estimate of drug-likeness (QED) is 0.654. The number of benzene rings is 2. The van der Waals surface area contributed by atoms with Crippen molar-refractivity contribution in [2.45, 2.75) is 33.2 Å². The van der Waals surface area contributed by atoms with E-state index in [2.05, 4.69) is 5.32 Å². The first kappa shape index (κ1) is 23.5.